The SMILES string of the molecule is CCOc1ccccc1N=Cc1ccc(OCc2nc(Cl)c3c4c(sc3n2)CCCC4)cc1. The lowest BCUT2D eigenvalue weighted by atomic mass is 9.97. The monoisotopic (exact) mass is 477 g/mol. The molecule has 0 amide bonds. The molecule has 2 aromatic heterocycles. The van der Waals surface area contributed by atoms with Crippen molar-refractivity contribution >= 4 is 45.1 Å². The van der Waals surface area contributed by atoms with E-state index < -0.39 is 0 Å². The maximum absolute atomic E-state index is 6.54. The van der Waals surface area contributed by atoms with Gasteiger partial charge in [0.2, 0.25) is 0 Å². The van der Waals surface area contributed by atoms with Crippen LogP contribution in [-0.2, 0) is 19.4 Å². The van der Waals surface area contributed by atoms with Crippen LogP contribution in [0.2, 0.25) is 5.15 Å². The zero-order valence-electron chi connectivity index (χ0n) is 18.4. The fraction of sp³-hybridized carbons (Fsp3) is 0.269. The fourth-order valence-corrected chi connectivity index (χ4v) is 5.64. The van der Waals surface area contributed by atoms with Gasteiger partial charge in [0.25, 0.3) is 0 Å². The Morgan fingerprint density at radius 3 is 2.70 bits per heavy atom. The van der Waals surface area contributed by atoms with Gasteiger partial charge in [0.1, 0.15) is 33.8 Å². The molecule has 0 atom stereocenters. The van der Waals surface area contributed by atoms with Crippen LogP contribution >= 0.6 is 22.9 Å². The molecule has 2 heterocycles. The third kappa shape index (κ3) is 4.87. The van der Waals surface area contributed by atoms with E-state index in [-0.39, 0.29) is 6.61 Å². The first-order valence-corrected chi connectivity index (χ1v) is 12.4. The molecule has 0 spiro atoms. The van der Waals surface area contributed by atoms with E-state index in [4.69, 9.17) is 26.1 Å². The Morgan fingerprint density at radius 1 is 1.03 bits per heavy atom. The summed E-state index contributed by atoms with van der Waals surface area (Å²) in [6, 6.07) is 15.5. The first-order valence-electron chi connectivity index (χ1n) is 11.2. The Kier molecular flexibility index (Phi) is 6.55. The predicted octanol–water partition coefficient (Wildman–Crippen LogP) is 6.95. The Labute approximate surface area is 202 Å². The van der Waals surface area contributed by atoms with Crippen LogP contribution in [0.25, 0.3) is 10.2 Å². The van der Waals surface area contributed by atoms with Crippen molar-refractivity contribution in [2.75, 3.05) is 6.61 Å². The standard InChI is InChI=1S/C26H24ClN3O2S/c1-2-31-21-9-5-4-8-20(21)28-15-17-11-13-18(14-12-17)32-16-23-29-25(27)24-19-7-3-6-10-22(19)33-26(24)30-23/h4-5,8-9,11-15H,2-3,6-7,10,16H2,1H3. The molecule has 0 saturated heterocycles. The van der Waals surface area contributed by atoms with Crippen molar-refractivity contribution < 1.29 is 9.47 Å². The third-order valence-corrected chi connectivity index (χ3v) is 7.04. The number of aromatic nitrogens is 2. The second kappa shape index (κ2) is 9.89. The van der Waals surface area contributed by atoms with Gasteiger partial charge < -0.3 is 9.47 Å². The fourth-order valence-electron chi connectivity index (χ4n) is 4.00. The molecule has 1 aliphatic rings. The number of fused-ring (bicyclic) bond motifs is 3. The molecule has 2 aromatic carbocycles. The summed E-state index contributed by atoms with van der Waals surface area (Å²) in [7, 11) is 0. The van der Waals surface area contributed by atoms with Crippen molar-refractivity contribution in [2.24, 2.45) is 4.99 Å². The number of benzene rings is 2. The lowest BCUT2D eigenvalue weighted by Gasteiger charge is -2.10. The highest BCUT2D eigenvalue weighted by molar-refractivity contribution is 7.19. The number of para-hydroxylation sites is 2. The maximum Gasteiger partial charge on any atom is 0.169 e. The van der Waals surface area contributed by atoms with Crippen LogP contribution in [0.5, 0.6) is 11.5 Å². The second-order valence-corrected chi connectivity index (χ2v) is 9.28. The highest BCUT2D eigenvalue weighted by Gasteiger charge is 2.20. The highest BCUT2D eigenvalue weighted by atomic mass is 35.5. The second-order valence-electron chi connectivity index (χ2n) is 7.84. The topological polar surface area (TPSA) is 56.6 Å². The van der Waals surface area contributed by atoms with E-state index in [1.54, 1.807) is 11.3 Å². The van der Waals surface area contributed by atoms with Gasteiger partial charge in [-0.25, -0.2) is 9.97 Å². The normalized spacial score (nSPS) is 13.4. The van der Waals surface area contributed by atoms with Crippen LogP contribution in [0.3, 0.4) is 0 Å². The van der Waals surface area contributed by atoms with E-state index in [1.807, 2.05) is 61.7 Å². The number of ether oxygens (including phenoxy) is 2. The van der Waals surface area contributed by atoms with Gasteiger partial charge in [-0.05, 0) is 80.1 Å². The molecule has 0 unspecified atom stereocenters. The maximum atomic E-state index is 6.54. The van der Waals surface area contributed by atoms with Gasteiger partial charge in [0.05, 0.1) is 12.0 Å². The average molecular weight is 478 g/mol. The summed E-state index contributed by atoms with van der Waals surface area (Å²) in [6.45, 7) is 2.84. The molecule has 0 N–H and O–H groups in total. The average Bonchev–Trinajstić information content (AvgIpc) is 3.22. The number of hydrogen-bond donors (Lipinski definition) is 0. The number of rotatable bonds is 7. The van der Waals surface area contributed by atoms with Crippen molar-refractivity contribution in [3.05, 3.63) is 75.5 Å². The molecule has 0 radical (unpaired) electrons. The van der Waals surface area contributed by atoms with Crippen molar-refractivity contribution in [3.8, 4) is 11.5 Å². The van der Waals surface area contributed by atoms with Gasteiger partial charge in [-0.15, -0.1) is 11.3 Å². The van der Waals surface area contributed by atoms with Gasteiger partial charge in [0, 0.05) is 11.1 Å². The summed E-state index contributed by atoms with van der Waals surface area (Å²) < 4.78 is 11.5. The Hall–Kier alpha value is -2.96. The van der Waals surface area contributed by atoms with Gasteiger partial charge in [0.15, 0.2) is 5.82 Å². The van der Waals surface area contributed by atoms with Crippen molar-refractivity contribution in [3.63, 3.8) is 0 Å². The lowest BCUT2D eigenvalue weighted by Crippen LogP contribution is -2.03. The molecule has 4 aromatic rings. The Bertz CT molecular complexity index is 1300. The van der Waals surface area contributed by atoms with Gasteiger partial charge in [-0.2, -0.15) is 0 Å². The molecular weight excluding hydrogens is 454 g/mol. The minimum atomic E-state index is 0.271. The quantitative estimate of drug-likeness (QED) is 0.213. The number of aryl methyl sites for hydroxylation is 2. The molecule has 0 fully saturated rings. The number of aliphatic imine (C=N–C) groups is 1. The molecule has 0 bridgehead atoms. The van der Waals surface area contributed by atoms with E-state index in [1.165, 1.54) is 23.3 Å². The highest BCUT2D eigenvalue weighted by Crippen LogP contribution is 2.38. The number of hydrogen-bond acceptors (Lipinski definition) is 6. The predicted molar refractivity (Wildman–Crippen MR) is 135 cm³/mol. The van der Waals surface area contributed by atoms with E-state index in [9.17, 15) is 0 Å². The van der Waals surface area contributed by atoms with Crippen LogP contribution in [-0.4, -0.2) is 22.8 Å². The summed E-state index contributed by atoms with van der Waals surface area (Å²) >= 11 is 8.28. The molecule has 0 aliphatic heterocycles. The molecular formula is C26H24ClN3O2S. The van der Waals surface area contributed by atoms with Gasteiger partial charge >= 0.3 is 0 Å². The van der Waals surface area contributed by atoms with Crippen molar-refractivity contribution in [2.45, 2.75) is 39.2 Å². The van der Waals surface area contributed by atoms with Gasteiger partial charge in [-0.3, -0.25) is 4.99 Å². The Morgan fingerprint density at radius 2 is 1.85 bits per heavy atom. The molecule has 33 heavy (non-hydrogen) atoms. The molecule has 1 aliphatic carbocycles. The third-order valence-electron chi connectivity index (χ3n) is 5.58. The van der Waals surface area contributed by atoms with Crippen LogP contribution in [0.15, 0.2) is 53.5 Å². The summed E-state index contributed by atoms with van der Waals surface area (Å²) in [6.07, 6.45) is 6.45. The summed E-state index contributed by atoms with van der Waals surface area (Å²) in [5.74, 6) is 2.12. The number of nitrogens with zero attached hydrogens (tertiary/aromatic N) is 3. The minimum absolute atomic E-state index is 0.271. The summed E-state index contributed by atoms with van der Waals surface area (Å²) in [5.41, 5.74) is 3.12. The zero-order chi connectivity index (χ0) is 22.6. The number of halogens is 1. The number of thiophene rings is 1. The van der Waals surface area contributed by atoms with Crippen LogP contribution in [0.1, 0.15) is 41.6 Å². The van der Waals surface area contributed by atoms with Crippen LogP contribution in [0, 0.1) is 0 Å². The smallest absolute Gasteiger partial charge is 0.169 e. The van der Waals surface area contributed by atoms with E-state index in [0.717, 1.165) is 45.8 Å². The van der Waals surface area contributed by atoms with Gasteiger partial charge in [-0.1, -0.05) is 23.7 Å². The van der Waals surface area contributed by atoms with E-state index >= 15 is 0 Å². The molecule has 5 rings (SSSR count). The first-order chi connectivity index (χ1) is 16.2. The van der Waals surface area contributed by atoms with Crippen LogP contribution < -0.4 is 9.47 Å². The van der Waals surface area contributed by atoms with E-state index in [2.05, 4.69) is 9.98 Å². The van der Waals surface area contributed by atoms with E-state index in [0.29, 0.717) is 17.6 Å². The van der Waals surface area contributed by atoms with Crippen LogP contribution in [0.4, 0.5) is 5.69 Å². The molecule has 168 valence electrons. The lowest BCUT2D eigenvalue weighted by molar-refractivity contribution is 0.296. The Balaban J connectivity index is 1.26. The minimum Gasteiger partial charge on any atom is -0.492 e. The van der Waals surface area contributed by atoms with Crippen molar-refractivity contribution in [1.82, 2.24) is 9.97 Å². The summed E-state index contributed by atoms with van der Waals surface area (Å²) in [5, 5.41) is 1.58. The zero-order valence-corrected chi connectivity index (χ0v) is 20.0. The summed E-state index contributed by atoms with van der Waals surface area (Å²) in [4.78, 5) is 16.2. The largest absolute Gasteiger partial charge is 0.492 e. The first kappa shape index (κ1) is 21.9. The van der Waals surface area contributed by atoms with Crippen molar-refractivity contribution in [1.29, 1.82) is 0 Å². The molecule has 0 saturated carbocycles. The molecule has 5 nitrogen and oxygen atoms in total. The molecule has 7 heteroatoms.